The molecule has 3 unspecified atom stereocenters. The summed E-state index contributed by atoms with van der Waals surface area (Å²) in [5.41, 5.74) is 0. The minimum absolute atomic E-state index is 0.140. The highest BCUT2D eigenvalue weighted by atomic mass is 18.1. The number of imide groups is 1. The molecular formula is C15H25N3O5. The number of hydrogen-bond acceptors (Lipinski definition) is 6. The minimum atomic E-state index is -3.31. The minimum Gasteiger partial charge on any atom is -0.341 e. The van der Waals surface area contributed by atoms with Crippen molar-refractivity contribution in [1.82, 2.24) is 15.3 Å². The average molecular weight is 333 g/mol. The predicted octanol–water partition coefficient (Wildman–Crippen LogP) is 0.0746. The van der Waals surface area contributed by atoms with Crippen molar-refractivity contribution in [3.05, 3.63) is 0 Å². The molecule has 8 heteroatoms. The van der Waals surface area contributed by atoms with Crippen LogP contribution in [0.1, 0.15) is 45.4 Å². The first kappa shape index (κ1) is 13.5. The molecule has 0 aliphatic carbocycles. The van der Waals surface area contributed by atoms with Crippen LogP contribution >= 0.6 is 0 Å². The van der Waals surface area contributed by atoms with Gasteiger partial charge < -0.3 is 10.2 Å². The number of amides is 3. The number of carbonyl (C=O) groups is 4. The van der Waals surface area contributed by atoms with Gasteiger partial charge in [-0.05, 0) is 26.9 Å². The van der Waals surface area contributed by atoms with Crippen LogP contribution in [0, 0.1) is 5.92 Å². The van der Waals surface area contributed by atoms with Gasteiger partial charge in [0.25, 0.3) is 11.8 Å². The van der Waals surface area contributed by atoms with Gasteiger partial charge in [-0.25, -0.2) is 4.79 Å². The Bertz CT molecular complexity index is 609. The van der Waals surface area contributed by atoms with Crippen LogP contribution in [-0.2, 0) is 24.0 Å². The van der Waals surface area contributed by atoms with Crippen molar-refractivity contribution in [3.63, 3.8) is 0 Å². The number of nitrogens with one attached hydrogen (secondary N) is 1. The van der Waals surface area contributed by atoms with Gasteiger partial charge in [-0.2, -0.15) is 0 Å². The van der Waals surface area contributed by atoms with Crippen LogP contribution in [0.4, 0.5) is 0 Å². The lowest BCUT2D eigenvalue weighted by atomic mass is 9.97. The largest absolute Gasteiger partial charge is 0.354 e. The van der Waals surface area contributed by atoms with Crippen LogP contribution in [0.2, 0.25) is 0 Å². The number of carbonyl (C=O) groups excluding carboxylic acids is 4. The van der Waals surface area contributed by atoms with Crippen LogP contribution in [-0.4, -0.2) is 59.8 Å². The fourth-order valence-electron chi connectivity index (χ4n) is 2.26. The van der Waals surface area contributed by atoms with Gasteiger partial charge in [0.05, 0.1) is 7.41 Å². The molecule has 0 saturated carbocycles. The van der Waals surface area contributed by atoms with E-state index in [1.54, 1.807) is 25.9 Å². The van der Waals surface area contributed by atoms with Crippen LogP contribution in [0.15, 0.2) is 0 Å². The summed E-state index contributed by atoms with van der Waals surface area (Å²) in [6.07, 6.45) is 0.220. The Morgan fingerprint density at radius 2 is 2.04 bits per heavy atom. The molecule has 0 aromatic heterocycles. The molecule has 1 aliphatic heterocycles. The zero-order valence-electron chi connectivity index (χ0n) is 17.7. The van der Waals surface area contributed by atoms with E-state index >= 15 is 0 Å². The van der Waals surface area contributed by atoms with Gasteiger partial charge in [-0.1, -0.05) is 20.3 Å². The molecule has 1 heterocycles. The zero-order chi connectivity index (χ0) is 21.2. The van der Waals surface area contributed by atoms with E-state index in [0.29, 0.717) is 6.42 Å². The highest BCUT2D eigenvalue weighted by Crippen LogP contribution is 2.14. The molecule has 0 bridgehead atoms. The van der Waals surface area contributed by atoms with Gasteiger partial charge in [0.2, 0.25) is 5.91 Å². The molecule has 1 aliphatic rings. The monoisotopic (exact) mass is 333 g/mol. The summed E-state index contributed by atoms with van der Waals surface area (Å²) in [5.74, 6) is -4.42. The Labute approximate surface area is 141 Å². The summed E-state index contributed by atoms with van der Waals surface area (Å²) in [7, 11) is 3.22. The van der Waals surface area contributed by atoms with Gasteiger partial charge in [0.1, 0.15) is 6.02 Å². The lowest BCUT2D eigenvalue weighted by Crippen LogP contribution is -2.52. The standard InChI is InChI=1S/C15H25N3O5/c1-6-9(2)13(17(4)5)14(21)16-10(3)15(22)23-18-11(19)7-8-12(18)20/h9-10,13H,6-8H2,1-5H3,(H,16,21)/i3D3,10D,21+2. The van der Waals surface area contributed by atoms with Gasteiger partial charge >= 0.3 is 5.97 Å². The Balaban J connectivity index is 3.12. The molecule has 1 rings (SSSR count). The Kier molecular flexibility index (Phi) is 4.72. The molecule has 23 heavy (non-hydrogen) atoms. The number of likely N-dealkylation sites (N-methyl/N-ethyl adjacent to an activating group) is 1. The SMILES string of the molecule is [2H]C([2H])([2H])C([2H])(NC(=[18O])C(C(C)CC)N(C)C)C(=O)ON1C(=O)CCC1=O. The summed E-state index contributed by atoms with van der Waals surface area (Å²) in [5, 5.41) is 2.07. The number of hydroxylamine groups is 2. The predicted molar refractivity (Wildman–Crippen MR) is 81.7 cm³/mol. The molecule has 3 amide bonds. The molecule has 0 spiro atoms. The maximum atomic E-state index is 12.6. The lowest BCUT2D eigenvalue weighted by molar-refractivity contribution is -0.198. The second-order valence-electron chi connectivity index (χ2n) is 5.62. The van der Waals surface area contributed by atoms with Crippen molar-refractivity contribution < 1.29 is 29.5 Å². The van der Waals surface area contributed by atoms with Crippen molar-refractivity contribution in [2.75, 3.05) is 14.1 Å². The third kappa shape index (κ3) is 4.75. The Hall–Kier alpha value is -1.96. The summed E-state index contributed by atoms with van der Waals surface area (Å²) in [4.78, 5) is 54.3. The normalized spacial score (nSPS) is 23.3. The van der Waals surface area contributed by atoms with Crippen molar-refractivity contribution in [3.8, 4) is 0 Å². The smallest absolute Gasteiger partial charge is 0.341 e. The van der Waals surface area contributed by atoms with Crippen LogP contribution in [0.3, 0.4) is 0 Å². The molecular weight excluding hydrogens is 304 g/mol. The highest BCUT2D eigenvalue weighted by Gasteiger charge is 2.35. The molecule has 1 fully saturated rings. The second kappa shape index (κ2) is 8.05. The van der Waals surface area contributed by atoms with Gasteiger partial charge in [-0.15, -0.1) is 5.06 Å². The van der Waals surface area contributed by atoms with Gasteiger partial charge in [0.15, 0.2) is 0 Å². The summed E-state index contributed by atoms with van der Waals surface area (Å²) < 4.78 is 30.6. The molecule has 0 aromatic rings. The number of hydrogen-bond donors (Lipinski definition) is 1. The van der Waals surface area contributed by atoms with E-state index in [0.717, 1.165) is 0 Å². The molecule has 3 atom stereocenters. The first-order chi connectivity index (χ1) is 12.3. The highest BCUT2D eigenvalue weighted by molar-refractivity contribution is 6.02. The zero-order valence-corrected chi connectivity index (χ0v) is 13.7. The summed E-state index contributed by atoms with van der Waals surface area (Å²) in [6, 6.07) is -3.99. The molecule has 1 saturated heterocycles. The molecule has 1 N–H and O–H groups in total. The average Bonchev–Trinajstić information content (AvgIpc) is 2.84. The topological polar surface area (TPSA) is 96.0 Å². The van der Waals surface area contributed by atoms with Crippen molar-refractivity contribution >= 4 is 23.7 Å². The van der Waals surface area contributed by atoms with Crippen LogP contribution in [0.5, 0.6) is 0 Å². The third-order valence-corrected chi connectivity index (χ3v) is 3.64. The maximum Gasteiger partial charge on any atom is 0.354 e. The van der Waals surface area contributed by atoms with E-state index in [2.05, 4.69) is 4.84 Å². The van der Waals surface area contributed by atoms with E-state index in [1.165, 1.54) is 0 Å². The van der Waals surface area contributed by atoms with Crippen molar-refractivity contribution in [2.45, 2.75) is 52.0 Å². The number of rotatable bonds is 7. The van der Waals surface area contributed by atoms with Gasteiger partial charge in [-0.3, -0.25) is 19.3 Å². The first-order valence-corrected chi connectivity index (χ1v) is 7.32. The molecule has 0 radical (unpaired) electrons. The first-order valence-electron chi connectivity index (χ1n) is 9.32. The van der Waals surface area contributed by atoms with Crippen molar-refractivity contribution in [2.24, 2.45) is 5.92 Å². The molecule has 8 nitrogen and oxygen atoms in total. The summed E-state index contributed by atoms with van der Waals surface area (Å²) in [6.45, 7) is 0.300. The Morgan fingerprint density at radius 1 is 1.48 bits per heavy atom. The fraction of sp³-hybridized carbons (Fsp3) is 0.733. The van der Waals surface area contributed by atoms with Crippen LogP contribution in [0.25, 0.3) is 0 Å². The number of nitrogens with zero attached hydrogens (tertiary/aromatic N) is 2. The molecule has 130 valence electrons. The molecule has 0 aromatic carbocycles. The maximum absolute atomic E-state index is 12.6. The summed E-state index contributed by atoms with van der Waals surface area (Å²) >= 11 is 0. The van der Waals surface area contributed by atoms with E-state index in [9.17, 15) is 19.2 Å². The third-order valence-electron chi connectivity index (χ3n) is 3.64. The quantitative estimate of drug-likeness (QED) is 0.523. The second-order valence-corrected chi connectivity index (χ2v) is 5.62. The fourth-order valence-corrected chi connectivity index (χ4v) is 2.26. The van der Waals surface area contributed by atoms with Crippen LogP contribution < -0.4 is 5.32 Å². The van der Waals surface area contributed by atoms with E-state index in [-0.39, 0.29) is 23.8 Å². The van der Waals surface area contributed by atoms with E-state index in [4.69, 9.17) is 5.48 Å². The lowest BCUT2D eigenvalue weighted by Gasteiger charge is -2.29. The van der Waals surface area contributed by atoms with E-state index < -0.39 is 42.6 Å². The van der Waals surface area contributed by atoms with Crippen molar-refractivity contribution in [1.29, 1.82) is 0 Å². The van der Waals surface area contributed by atoms with E-state index in [1.807, 2.05) is 12.2 Å². The van der Waals surface area contributed by atoms with Gasteiger partial charge in [0, 0.05) is 17.0 Å². The Morgan fingerprint density at radius 3 is 2.48 bits per heavy atom.